The first-order valence-electron chi connectivity index (χ1n) is 7.91. The van der Waals surface area contributed by atoms with Crippen LogP contribution < -0.4 is 0 Å². The van der Waals surface area contributed by atoms with Gasteiger partial charge in [-0.2, -0.15) is 0 Å². The highest BCUT2D eigenvalue weighted by Gasteiger charge is 2.18. The van der Waals surface area contributed by atoms with Crippen molar-refractivity contribution < 1.29 is 4.92 Å². The highest BCUT2D eigenvalue weighted by atomic mass is 35.5. The molecule has 0 N–H and O–H groups in total. The number of nitrogens with zero attached hydrogens (tertiary/aromatic N) is 3. The standard InChI is InChI=1S/C19H12ClN3O2S2/c1-26-16-10-21-13-7-3-2-5-11(13)19(16)27-15-9-22-18-12(17(15)20)6-4-8-14(18)23(24)25/h2-10H,1H3. The topological polar surface area (TPSA) is 68.9 Å². The number of halogens is 1. The number of thioether (sulfide) groups is 1. The van der Waals surface area contributed by atoms with Crippen molar-refractivity contribution in [2.75, 3.05) is 6.26 Å². The summed E-state index contributed by atoms with van der Waals surface area (Å²) in [5.74, 6) is 0. The van der Waals surface area contributed by atoms with E-state index in [9.17, 15) is 10.1 Å². The fraction of sp³-hybridized carbons (Fsp3) is 0.0526. The fourth-order valence-corrected chi connectivity index (χ4v) is 4.94. The quantitative estimate of drug-likeness (QED) is 0.225. The Hall–Kier alpha value is -2.35. The summed E-state index contributed by atoms with van der Waals surface area (Å²) in [6, 6.07) is 12.7. The predicted octanol–water partition coefficient (Wildman–Crippen LogP) is 6.22. The molecule has 2 aromatic heterocycles. The first-order valence-corrected chi connectivity index (χ1v) is 10.3. The third-order valence-electron chi connectivity index (χ3n) is 4.10. The molecule has 5 nitrogen and oxygen atoms in total. The highest BCUT2D eigenvalue weighted by Crippen LogP contribution is 2.43. The molecule has 4 aromatic rings. The summed E-state index contributed by atoms with van der Waals surface area (Å²) in [7, 11) is 0. The second-order valence-corrected chi connectivity index (χ2v) is 7.92. The van der Waals surface area contributed by atoms with Gasteiger partial charge in [0.05, 0.1) is 15.5 Å². The van der Waals surface area contributed by atoms with Crippen LogP contribution in [-0.4, -0.2) is 21.1 Å². The van der Waals surface area contributed by atoms with Gasteiger partial charge in [0, 0.05) is 43.9 Å². The molecule has 0 saturated carbocycles. The molecule has 0 unspecified atom stereocenters. The van der Waals surface area contributed by atoms with Gasteiger partial charge in [-0.05, 0) is 12.3 Å². The van der Waals surface area contributed by atoms with Crippen LogP contribution in [0.4, 0.5) is 5.69 Å². The number of benzene rings is 2. The van der Waals surface area contributed by atoms with Gasteiger partial charge >= 0.3 is 0 Å². The van der Waals surface area contributed by atoms with E-state index < -0.39 is 4.92 Å². The van der Waals surface area contributed by atoms with Crippen molar-refractivity contribution in [3.8, 4) is 0 Å². The molecular formula is C19H12ClN3O2S2. The minimum atomic E-state index is -0.444. The van der Waals surface area contributed by atoms with Crippen LogP contribution in [-0.2, 0) is 0 Å². The van der Waals surface area contributed by atoms with Crippen LogP contribution in [0.3, 0.4) is 0 Å². The number of hydrogen-bond acceptors (Lipinski definition) is 6. The maximum absolute atomic E-state index is 11.2. The maximum Gasteiger partial charge on any atom is 0.295 e. The van der Waals surface area contributed by atoms with Gasteiger partial charge in [0.1, 0.15) is 5.52 Å². The summed E-state index contributed by atoms with van der Waals surface area (Å²) in [4.78, 5) is 22.4. The second-order valence-electron chi connectivity index (χ2n) is 5.64. The van der Waals surface area contributed by atoms with E-state index in [2.05, 4.69) is 9.97 Å². The van der Waals surface area contributed by atoms with Gasteiger partial charge in [-0.1, -0.05) is 53.7 Å². The van der Waals surface area contributed by atoms with Crippen LogP contribution in [0, 0.1) is 10.1 Å². The predicted molar refractivity (Wildman–Crippen MR) is 111 cm³/mol. The summed E-state index contributed by atoms with van der Waals surface area (Å²) in [6.45, 7) is 0. The molecule has 0 spiro atoms. The van der Waals surface area contributed by atoms with Gasteiger partial charge in [0.25, 0.3) is 5.69 Å². The molecule has 0 amide bonds. The fourth-order valence-electron chi connectivity index (χ4n) is 2.83. The van der Waals surface area contributed by atoms with E-state index in [0.717, 1.165) is 25.6 Å². The van der Waals surface area contributed by atoms with E-state index >= 15 is 0 Å². The number of nitro benzene ring substituents is 1. The zero-order valence-corrected chi connectivity index (χ0v) is 16.4. The van der Waals surface area contributed by atoms with E-state index in [1.807, 2.05) is 36.7 Å². The zero-order chi connectivity index (χ0) is 19.0. The van der Waals surface area contributed by atoms with Crippen molar-refractivity contribution in [3.63, 3.8) is 0 Å². The minimum absolute atomic E-state index is 0.0508. The van der Waals surface area contributed by atoms with E-state index in [1.54, 1.807) is 30.1 Å². The molecule has 0 aliphatic rings. The summed E-state index contributed by atoms with van der Waals surface area (Å²) >= 11 is 9.72. The number of non-ortho nitro benzene ring substituents is 1. The number of fused-ring (bicyclic) bond motifs is 2. The van der Waals surface area contributed by atoms with Crippen molar-refractivity contribution in [2.45, 2.75) is 14.7 Å². The lowest BCUT2D eigenvalue weighted by atomic mass is 10.2. The Morgan fingerprint density at radius 2 is 1.74 bits per heavy atom. The lowest BCUT2D eigenvalue weighted by Crippen LogP contribution is -1.93. The SMILES string of the molecule is CSc1cnc2ccccc2c1Sc1cnc2c([N+](=O)[O-])cccc2c1Cl. The van der Waals surface area contributed by atoms with Gasteiger partial charge in [-0.15, -0.1) is 11.8 Å². The van der Waals surface area contributed by atoms with Crippen molar-refractivity contribution in [2.24, 2.45) is 0 Å². The number of rotatable bonds is 4. The summed E-state index contributed by atoms with van der Waals surface area (Å²) in [5, 5.41) is 13.3. The van der Waals surface area contributed by atoms with Gasteiger partial charge in [-0.25, -0.2) is 4.98 Å². The minimum Gasteiger partial charge on any atom is -0.258 e. The van der Waals surface area contributed by atoms with Crippen molar-refractivity contribution in [1.29, 1.82) is 0 Å². The molecule has 0 atom stereocenters. The van der Waals surface area contributed by atoms with Gasteiger partial charge in [0.15, 0.2) is 0 Å². The molecule has 27 heavy (non-hydrogen) atoms. The van der Waals surface area contributed by atoms with Crippen molar-refractivity contribution in [3.05, 3.63) is 70.0 Å². The lowest BCUT2D eigenvalue weighted by molar-refractivity contribution is -0.383. The molecule has 8 heteroatoms. The highest BCUT2D eigenvalue weighted by molar-refractivity contribution is 8.02. The van der Waals surface area contributed by atoms with Crippen LogP contribution in [0.5, 0.6) is 0 Å². The van der Waals surface area contributed by atoms with Gasteiger partial charge in [0.2, 0.25) is 0 Å². The van der Waals surface area contributed by atoms with Gasteiger partial charge in [-0.3, -0.25) is 15.1 Å². The van der Waals surface area contributed by atoms with Crippen molar-refractivity contribution >= 4 is 62.6 Å². The van der Waals surface area contributed by atoms with Crippen LogP contribution in [0.25, 0.3) is 21.8 Å². The van der Waals surface area contributed by atoms with Crippen LogP contribution in [0.1, 0.15) is 0 Å². The Morgan fingerprint density at radius 3 is 2.52 bits per heavy atom. The summed E-state index contributed by atoms with van der Waals surface area (Å²) in [5.41, 5.74) is 1.14. The maximum atomic E-state index is 11.2. The molecule has 0 bridgehead atoms. The first-order chi connectivity index (χ1) is 13.1. The Bertz CT molecular complexity index is 1200. The molecule has 0 radical (unpaired) electrons. The largest absolute Gasteiger partial charge is 0.295 e. The number of para-hydroxylation sites is 2. The number of pyridine rings is 2. The number of nitro groups is 1. The number of aromatic nitrogens is 2. The Balaban J connectivity index is 1.89. The summed E-state index contributed by atoms with van der Waals surface area (Å²) in [6.07, 6.45) is 5.45. The molecule has 4 rings (SSSR count). The Labute approximate surface area is 168 Å². The Morgan fingerprint density at radius 1 is 1.00 bits per heavy atom. The lowest BCUT2D eigenvalue weighted by Gasteiger charge is -2.12. The average molecular weight is 414 g/mol. The van der Waals surface area contributed by atoms with E-state index in [0.29, 0.717) is 15.9 Å². The molecule has 134 valence electrons. The van der Waals surface area contributed by atoms with E-state index in [-0.39, 0.29) is 5.69 Å². The summed E-state index contributed by atoms with van der Waals surface area (Å²) < 4.78 is 0. The molecular weight excluding hydrogens is 402 g/mol. The van der Waals surface area contributed by atoms with E-state index in [1.165, 1.54) is 17.8 Å². The molecule has 0 aliphatic heterocycles. The normalized spacial score (nSPS) is 11.2. The van der Waals surface area contributed by atoms with Crippen LogP contribution in [0.15, 0.2) is 69.5 Å². The molecule has 2 aromatic carbocycles. The monoisotopic (exact) mass is 413 g/mol. The molecule has 2 heterocycles. The number of hydrogen-bond donors (Lipinski definition) is 0. The van der Waals surface area contributed by atoms with Crippen LogP contribution in [0.2, 0.25) is 5.02 Å². The van der Waals surface area contributed by atoms with Crippen LogP contribution >= 0.6 is 35.1 Å². The van der Waals surface area contributed by atoms with Gasteiger partial charge < -0.3 is 0 Å². The molecule has 0 saturated heterocycles. The third-order valence-corrected chi connectivity index (χ3v) is 6.67. The average Bonchev–Trinajstić information content (AvgIpc) is 2.69. The molecule has 0 fully saturated rings. The first kappa shape index (κ1) is 18.0. The smallest absolute Gasteiger partial charge is 0.258 e. The second kappa shape index (κ2) is 7.34. The Kier molecular flexibility index (Phi) is 4.90. The van der Waals surface area contributed by atoms with Crippen molar-refractivity contribution in [1.82, 2.24) is 9.97 Å². The zero-order valence-electron chi connectivity index (χ0n) is 14.0. The van der Waals surface area contributed by atoms with E-state index in [4.69, 9.17) is 11.6 Å². The molecule has 0 aliphatic carbocycles. The third kappa shape index (κ3) is 3.22.